The summed E-state index contributed by atoms with van der Waals surface area (Å²) in [5, 5.41) is 4.56. The fourth-order valence-electron chi connectivity index (χ4n) is 3.48. The molecule has 134 valence electrons. The Morgan fingerprint density at radius 2 is 2.04 bits per heavy atom. The van der Waals surface area contributed by atoms with Crippen molar-refractivity contribution in [1.82, 2.24) is 19.7 Å². The molecule has 3 rings (SSSR count). The maximum atomic E-state index is 11.3. The molecular formula is C19H27N5O. The van der Waals surface area contributed by atoms with Crippen LogP contribution in [0, 0.1) is 6.92 Å². The average molecular weight is 341 g/mol. The second kappa shape index (κ2) is 7.78. The topological polar surface area (TPSA) is 77.0 Å². The maximum Gasteiger partial charge on any atom is 0.225 e. The molecule has 1 fully saturated rings. The van der Waals surface area contributed by atoms with Crippen molar-refractivity contribution in [2.24, 2.45) is 5.73 Å². The Labute approximate surface area is 149 Å². The summed E-state index contributed by atoms with van der Waals surface area (Å²) < 4.78 is 1.87. The van der Waals surface area contributed by atoms with Gasteiger partial charge in [0.15, 0.2) is 5.82 Å². The molecule has 1 aromatic heterocycles. The maximum absolute atomic E-state index is 11.3. The van der Waals surface area contributed by atoms with Gasteiger partial charge >= 0.3 is 0 Å². The number of carbonyl (C=O) groups is 1. The molecule has 1 saturated heterocycles. The Kier molecular flexibility index (Phi) is 5.48. The van der Waals surface area contributed by atoms with E-state index >= 15 is 0 Å². The normalized spacial score (nSPS) is 16.7. The summed E-state index contributed by atoms with van der Waals surface area (Å²) >= 11 is 0. The second-order valence-electron chi connectivity index (χ2n) is 7.04. The van der Waals surface area contributed by atoms with Gasteiger partial charge in [0.05, 0.1) is 12.1 Å². The highest BCUT2D eigenvalue weighted by Gasteiger charge is 2.21. The number of hydrogen-bond donors (Lipinski definition) is 1. The van der Waals surface area contributed by atoms with Crippen molar-refractivity contribution in [3.63, 3.8) is 0 Å². The quantitative estimate of drug-likeness (QED) is 0.874. The van der Waals surface area contributed by atoms with Crippen molar-refractivity contribution >= 4 is 5.91 Å². The molecule has 1 aromatic carbocycles. The minimum Gasteiger partial charge on any atom is -0.369 e. The van der Waals surface area contributed by atoms with E-state index in [1.165, 1.54) is 24.8 Å². The molecule has 1 unspecified atom stereocenters. The molecule has 6 nitrogen and oxygen atoms in total. The van der Waals surface area contributed by atoms with E-state index in [1.54, 1.807) is 0 Å². The standard InChI is InChI=1S/C19H27N5O/c1-14-7-6-8-16(11-14)24-19(21-18(22-24)12-17(20)25)15(2)13-23-9-4-3-5-10-23/h6-8,11,15H,3-5,9-10,12-13H2,1-2H3,(H2,20,25). The van der Waals surface area contributed by atoms with Crippen LogP contribution in [0.15, 0.2) is 24.3 Å². The van der Waals surface area contributed by atoms with Crippen LogP contribution in [-0.4, -0.2) is 45.2 Å². The zero-order valence-corrected chi connectivity index (χ0v) is 15.1. The third-order valence-corrected chi connectivity index (χ3v) is 4.68. The zero-order valence-electron chi connectivity index (χ0n) is 15.1. The lowest BCUT2D eigenvalue weighted by Gasteiger charge is -2.28. The first-order valence-corrected chi connectivity index (χ1v) is 9.06. The number of hydrogen-bond acceptors (Lipinski definition) is 4. The summed E-state index contributed by atoms with van der Waals surface area (Å²) in [4.78, 5) is 18.4. The van der Waals surface area contributed by atoms with Crippen molar-refractivity contribution in [1.29, 1.82) is 0 Å². The first kappa shape index (κ1) is 17.6. The molecule has 1 amide bonds. The predicted molar refractivity (Wildman–Crippen MR) is 97.7 cm³/mol. The lowest BCUT2D eigenvalue weighted by Crippen LogP contribution is -2.33. The number of benzene rings is 1. The Morgan fingerprint density at radius 1 is 1.28 bits per heavy atom. The largest absolute Gasteiger partial charge is 0.369 e. The van der Waals surface area contributed by atoms with Gasteiger partial charge in [-0.05, 0) is 50.6 Å². The lowest BCUT2D eigenvalue weighted by atomic mass is 10.1. The summed E-state index contributed by atoms with van der Waals surface area (Å²) in [6.45, 7) is 7.50. The van der Waals surface area contributed by atoms with E-state index in [9.17, 15) is 4.79 Å². The van der Waals surface area contributed by atoms with Crippen molar-refractivity contribution in [3.05, 3.63) is 41.5 Å². The SMILES string of the molecule is Cc1cccc(-n2nc(CC(N)=O)nc2C(C)CN2CCCCC2)c1. The number of rotatable bonds is 6. The highest BCUT2D eigenvalue weighted by atomic mass is 16.1. The van der Waals surface area contributed by atoms with Crippen LogP contribution in [0.25, 0.3) is 5.69 Å². The Bertz CT molecular complexity index is 733. The molecule has 1 aliphatic heterocycles. The number of amides is 1. The highest BCUT2D eigenvalue weighted by molar-refractivity contribution is 5.75. The number of aromatic nitrogens is 3. The number of likely N-dealkylation sites (tertiary alicyclic amines) is 1. The van der Waals surface area contributed by atoms with E-state index in [4.69, 9.17) is 5.73 Å². The van der Waals surface area contributed by atoms with Gasteiger partial charge in [-0.1, -0.05) is 25.5 Å². The molecular weight excluding hydrogens is 314 g/mol. The Hall–Kier alpha value is -2.21. The number of primary amides is 1. The van der Waals surface area contributed by atoms with E-state index in [-0.39, 0.29) is 12.3 Å². The van der Waals surface area contributed by atoms with Gasteiger partial charge in [0.1, 0.15) is 5.82 Å². The van der Waals surface area contributed by atoms with Gasteiger partial charge in [0, 0.05) is 12.5 Å². The van der Waals surface area contributed by atoms with Crippen LogP contribution in [-0.2, 0) is 11.2 Å². The summed E-state index contributed by atoms with van der Waals surface area (Å²) in [7, 11) is 0. The van der Waals surface area contributed by atoms with Gasteiger partial charge in [-0.2, -0.15) is 5.10 Å². The van der Waals surface area contributed by atoms with Gasteiger partial charge in [-0.3, -0.25) is 4.79 Å². The summed E-state index contributed by atoms with van der Waals surface area (Å²) in [5.41, 5.74) is 7.48. The van der Waals surface area contributed by atoms with Crippen LogP contribution in [0.2, 0.25) is 0 Å². The molecule has 1 aliphatic rings. The molecule has 2 N–H and O–H groups in total. The molecule has 0 radical (unpaired) electrons. The van der Waals surface area contributed by atoms with Crippen LogP contribution in [0.1, 0.15) is 49.3 Å². The van der Waals surface area contributed by atoms with Crippen molar-refractivity contribution < 1.29 is 4.79 Å². The first-order chi connectivity index (χ1) is 12.0. The van der Waals surface area contributed by atoms with Gasteiger partial charge in [-0.25, -0.2) is 9.67 Å². The molecule has 0 bridgehead atoms. The third kappa shape index (κ3) is 4.45. The summed E-state index contributed by atoms with van der Waals surface area (Å²) in [5.74, 6) is 1.21. The van der Waals surface area contributed by atoms with E-state index in [1.807, 2.05) is 16.8 Å². The Balaban J connectivity index is 1.89. The third-order valence-electron chi connectivity index (χ3n) is 4.68. The fourth-order valence-corrected chi connectivity index (χ4v) is 3.48. The summed E-state index contributed by atoms with van der Waals surface area (Å²) in [6, 6.07) is 8.17. The predicted octanol–water partition coefficient (Wildman–Crippen LogP) is 2.19. The molecule has 1 atom stereocenters. The van der Waals surface area contributed by atoms with Crippen LogP contribution in [0.5, 0.6) is 0 Å². The number of nitrogens with zero attached hydrogens (tertiary/aromatic N) is 4. The van der Waals surface area contributed by atoms with E-state index in [0.717, 1.165) is 31.1 Å². The molecule has 0 spiro atoms. The highest BCUT2D eigenvalue weighted by Crippen LogP contribution is 2.21. The number of aryl methyl sites for hydroxylation is 1. The fraction of sp³-hybridized carbons (Fsp3) is 0.526. The van der Waals surface area contributed by atoms with Crippen LogP contribution in [0.3, 0.4) is 0 Å². The van der Waals surface area contributed by atoms with Crippen molar-refractivity contribution in [2.45, 2.75) is 45.4 Å². The molecule has 25 heavy (non-hydrogen) atoms. The van der Waals surface area contributed by atoms with Crippen molar-refractivity contribution in [3.8, 4) is 5.69 Å². The molecule has 2 aromatic rings. The van der Waals surface area contributed by atoms with Crippen LogP contribution < -0.4 is 5.73 Å². The first-order valence-electron chi connectivity index (χ1n) is 9.06. The lowest BCUT2D eigenvalue weighted by molar-refractivity contribution is -0.117. The van der Waals surface area contributed by atoms with Gasteiger partial charge in [0.2, 0.25) is 5.91 Å². The van der Waals surface area contributed by atoms with Gasteiger partial charge in [0.25, 0.3) is 0 Å². The monoisotopic (exact) mass is 341 g/mol. The van der Waals surface area contributed by atoms with Crippen LogP contribution in [0.4, 0.5) is 0 Å². The molecule has 0 saturated carbocycles. The Morgan fingerprint density at radius 3 is 2.72 bits per heavy atom. The number of nitrogens with two attached hydrogens (primary N) is 1. The smallest absolute Gasteiger partial charge is 0.225 e. The molecule has 6 heteroatoms. The van der Waals surface area contributed by atoms with E-state index < -0.39 is 5.91 Å². The number of piperidine rings is 1. The number of carbonyl (C=O) groups excluding carboxylic acids is 1. The minimum atomic E-state index is -0.406. The van der Waals surface area contributed by atoms with Gasteiger partial charge < -0.3 is 10.6 Å². The zero-order chi connectivity index (χ0) is 17.8. The van der Waals surface area contributed by atoms with Crippen molar-refractivity contribution in [2.75, 3.05) is 19.6 Å². The van der Waals surface area contributed by atoms with Gasteiger partial charge in [-0.15, -0.1) is 0 Å². The molecule has 0 aliphatic carbocycles. The summed E-state index contributed by atoms with van der Waals surface area (Å²) in [6.07, 6.45) is 3.93. The second-order valence-corrected chi connectivity index (χ2v) is 7.04. The average Bonchev–Trinajstić information content (AvgIpc) is 2.99. The minimum absolute atomic E-state index is 0.0717. The molecule has 2 heterocycles. The van der Waals surface area contributed by atoms with E-state index in [2.05, 4.69) is 41.0 Å². The van der Waals surface area contributed by atoms with Crippen LogP contribution >= 0.6 is 0 Å². The van der Waals surface area contributed by atoms with E-state index in [0.29, 0.717) is 5.82 Å².